The van der Waals surface area contributed by atoms with Gasteiger partial charge in [-0.25, -0.2) is 8.42 Å². The summed E-state index contributed by atoms with van der Waals surface area (Å²) in [6, 6.07) is 4.89. The van der Waals surface area contributed by atoms with Crippen LogP contribution >= 0.6 is 0 Å². The van der Waals surface area contributed by atoms with E-state index >= 15 is 0 Å². The Morgan fingerprint density at radius 1 is 1.12 bits per heavy atom. The molecule has 0 saturated heterocycles. The van der Waals surface area contributed by atoms with Crippen LogP contribution in [-0.2, 0) is 14.8 Å². The van der Waals surface area contributed by atoms with Crippen LogP contribution in [0.1, 0.15) is 52.9 Å². The first-order valence-electron chi connectivity index (χ1n) is 9.60. The molecule has 2 rings (SSSR count). The second-order valence-electron chi connectivity index (χ2n) is 6.73. The number of hydrogen-bond donors (Lipinski definition) is 2. The largest absolute Gasteiger partial charge is 0.384 e. The Balaban J connectivity index is 2.25. The lowest BCUT2D eigenvalue weighted by molar-refractivity contribution is -0.117. The number of rotatable bonds is 9. The average Bonchev–Trinajstić information content (AvgIpc) is 3.10. The molecule has 2 N–H and O–H groups in total. The fraction of sp³-hybridized carbons (Fsp3) is 0.632. The van der Waals surface area contributed by atoms with E-state index in [9.17, 15) is 13.2 Å². The summed E-state index contributed by atoms with van der Waals surface area (Å²) >= 11 is 0. The Labute approximate surface area is 157 Å². The summed E-state index contributed by atoms with van der Waals surface area (Å²) < 4.78 is 27.0. The van der Waals surface area contributed by atoms with Gasteiger partial charge in [-0.15, -0.1) is 0 Å². The van der Waals surface area contributed by atoms with Crippen LogP contribution in [-0.4, -0.2) is 38.3 Å². The number of hydrogen-bond acceptors (Lipinski definition) is 4. The van der Waals surface area contributed by atoms with Crippen LogP contribution in [0, 0.1) is 5.92 Å². The van der Waals surface area contributed by atoms with Crippen molar-refractivity contribution in [2.24, 2.45) is 5.92 Å². The topological polar surface area (TPSA) is 78.5 Å². The van der Waals surface area contributed by atoms with Crippen molar-refractivity contribution in [2.75, 3.05) is 30.3 Å². The Kier molecular flexibility index (Phi) is 7.46. The molecule has 7 heteroatoms. The first kappa shape index (κ1) is 20.7. The highest BCUT2D eigenvalue weighted by molar-refractivity contribution is 7.89. The van der Waals surface area contributed by atoms with E-state index in [1.54, 1.807) is 18.2 Å². The smallest absolute Gasteiger partial charge is 0.243 e. The van der Waals surface area contributed by atoms with E-state index in [1.807, 2.05) is 20.8 Å². The van der Waals surface area contributed by atoms with E-state index in [0.717, 1.165) is 18.5 Å². The molecule has 26 heavy (non-hydrogen) atoms. The van der Waals surface area contributed by atoms with Crippen LogP contribution in [0.2, 0.25) is 0 Å². The summed E-state index contributed by atoms with van der Waals surface area (Å²) in [6.07, 6.45) is 5.09. The minimum Gasteiger partial charge on any atom is -0.384 e. The molecular formula is C19H31N3O3S. The van der Waals surface area contributed by atoms with Crippen molar-refractivity contribution in [2.45, 2.75) is 57.8 Å². The van der Waals surface area contributed by atoms with Gasteiger partial charge in [-0.2, -0.15) is 4.31 Å². The van der Waals surface area contributed by atoms with Crippen molar-refractivity contribution in [3.8, 4) is 0 Å². The summed E-state index contributed by atoms with van der Waals surface area (Å²) in [6.45, 7) is 7.11. The number of nitrogens with zero attached hydrogens (tertiary/aromatic N) is 1. The zero-order chi connectivity index (χ0) is 19.2. The minimum atomic E-state index is -3.56. The predicted molar refractivity (Wildman–Crippen MR) is 106 cm³/mol. The summed E-state index contributed by atoms with van der Waals surface area (Å²) in [7, 11) is -3.56. The fourth-order valence-corrected chi connectivity index (χ4v) is 5.01. The monoisotopic (exact) mass is 381 g/mol. The summed E-state index contributed by atoms with van der Waals surface area (Å²) in [5.74, 6) is 0.397. The molecule has 0 aromatic heterocycles. The van der Waals surface area contributed by atoms with Crippen molar-refractivity contribution in [1.82, 2.24) is 4.31 Å². The molecule has 1 aliphatic carbocycles. The van der Waals surface area contributed by atoms with E-state index in [1.165, 1.54) is 17.1 Å². The van der Waals surface area contributed by atoms with Gasteiger partial charge < -0.3 is 10.6 Å². The Bertz CT molecular complexity index is 709. The number of benzene rings is 1. The van der Waals surface area contributed by atoms with E-state index in [-0.39, 0.29) is 10.8 Å². The van der Waals surface area contributed by atoms with Gasteiger partial charge in [-0.1, -0.05) is 26.7 Å². The lowest BCUT2D eigenvalue weighted by Gasteiger charge is -2.20. The molecule has 0 aliphatic heterocycles. The van der Waals surface area contributed by atoms with Gasteiger partial charge in [-0.3, -0.25) is 4.79 Å². The highest BCUT2D eigenvalue weighted by Gasteiger charge is 2.24. The van der Waals surface area contributed by atoms with Crippen LogP contribution in [0.5, 0.6) is 0 Å². The van der Waals surface area contributed by atoms with Gasteiger partial charge in [-0.05, 0) is 43.9 Å². The zero-order valence-corrected chi connectivity index (χ0v) is 16.9. The van der Waals surface area contributed by atoms with Gasteiger partial charge in [0.2, 0.25) is 15.9 Å². The summed E-state index contributed by atoms with van der Waals surface area (Å²) in [5, 5.41) is 6.11. The fourth-order valence-electron chi connectivity index (χ4n) is 3.52. The molecule has 0 bridgehead atoms. The van der Waals surface area contributed by atoms with Crippen LogP contribution in [0.3, 0.4) is 0 Å². The van der Waals surface area contributed by atoms with Crippen molar-refractivity contribution < 1.29 is 13.2 Å². The third kappa shape index (κ3) is 4.98. The molecule has 1 aromatic carbocycles. The van der Waals surface area contributed by atoms with Gasteiger partial charge in [0, 0.05) is 26.1 Å². The van der Waals surface area contributed by atoms with Crippen molar-refractivity contribution in [3.63, 3.8) is 0 Å². The van der Waals surface area contributed by atoms with Gasteiger partial charge in [0.1, 0.15) is 0 Å². The van der Waals surface area contributed by atoms with Gasteiger partial charge in [0.15, 0.2) is 0 Å². The minimum absolute atomic E-state index is 0.0477. The lowest BCUT2D eigenvalue weighted by Crippen LogP contribution is -2.30. The van der Waals surface area contributed by atoms with Gasteiger partial charge in [0.05, 0.1) is 16.3 Å². The maximum Gasteiger partial charge on any atom is 0.243 e. The number of anilines is 2. The highest BCUT2D eigenvalue weighted by Crippen LogP contribution is 2.30. The quantitative estimate of drug-likeness (QED) is 0.684. The third-order valence-electron chi connectivity index (χ3n) is 4.92. The van der Waals surface area contributed by atoms with E-state index in [4.69, 9.17) is 0 Å². The standard InChI is InChI=1S/C19H31N3O3S/c1-4-20-17-12-11-16(26(24,25)22(5-2)6-3)14-18(17)21-19(23)13-15-9-7-8-10-15/h11-12,14-15,20H,4-10,13H2,1-3H3,(H,21,23). The zero-order valence-electron chi connectivity index (χ0n) is 16.0. The summed E-state index contributed by atoms with van der Waals surface area (Å²) in [4.78, 5) is 12.6. The Hall–Kier alpha value is -1.60. The maximum atomic E-state index is 12.8. The molecule has 0 atom stereocenters. The SMILES string of the molecule is CCNc1ccc(S(=O)(=O)N(CC)CC)cc1NC(=O)CC1CCCC1. The predicted octanol–water partition coefficient (Wildman–Crippen LogP) is 3.67. The Morgan fingerprint density at radius 2 is 1.77 bits per heavy atom. The van der Waals surface area contributed by atoms with Gasteiger partial charge in [0.25, 0.3) is 0 Å². The number of nitrogens with one attached hydrogen (secondary N) is 2. The molecular weight excluding hydrogens is 350 g/mol. The normalized spacial score (nSPS) is 15.4. The molecule has 6 nitrogen and oxygen atoms in total. The molecule has 1 aromatic rings. The molecule has 1 amide bonds. The summed E-state index contributed by atoms with van der Waals surface area (Å²) in [5.41, 5.74) is 1.27. The molecule has 0 heterocycles. The third-order valence-corrected chi connectivity index (χ3v) is 6.97. The maximum absolute atomic E-state index is 12.8. The molecule has 1 aliphatic rings. The molecule has 1 fully saturated rings. The molecule has 0 spiro atoms. The first-order chi connectivity index (χ1) is 12.4. The van der Waals surface area contributed by atoms with Crippen LogP contribution in [0.25, 0.3) is 0 Å². The van der Waals surface area contributed by atoms with Crippen molar-refractivity contribution >= 4 is 27.3 Å². The molecule has 1 saturated carbocycles. The number of carbonyl (C=O) groups is 1. The number of amides is 1. The number of sulfonamides is 1. The van der Waals surface area contributed by atoms with Crippen LogP contribution < -0.4 is 10.6 Å². The van der Waals surface area contributed by atoms with Gasteiger partial charge >= 0.3 is 0 Å². The van der Waals surface area contributed by atoms with Crippen molar-refractivity contribution in [3.05, 3.63) is 18.2 Å². The van der Waals surface area contributed by atoms with Crippen LogP contribution in [0.15, 0.2) is 23.1 Å². The van der Waals surface area contributed by atoms with E-state index in [2.05, 4.69) is 10.6 Å². The highest BCUT2D eigenvalue weighted by atomic mass is 32.2. The van der Waals surface area contributed by atoms with Crippen LogP contribution in [0.4, 0.5) is 11.4 Å². The molecule has 146 valence electrons. The second kappa shape index (κ2) is 9.37. The second-order valence-corrected chi connectivity index (χ2v) is 8.67. The molecule has 0 radical (unpaired) electrons. The average molecular weight is 382 g/mol. The lowest BCUT2D eigenvalue weighted by atomic mass is 10.0. The first-order valence-corrected chi connectivity index (χ1v) is 11.0. The number of carbonyl (C=O) groups excluding carboxylic acids is 1. The molecule has 0 unspecified atom stereocenters. The Morgan fingerprint density at radius 3 is 2.35 bits per heavy atom. The van der Waals surface area contributed by atoms with Crippen molar-refractivity contribution in [1.29, 1.82) is 0 Å². The van der Waals surface area contributed by atoms with E-state index in [0.29, 0.717) is 37.7 Å². The van der Waals surface area contributed by atoms with E-state index < -0.39 is 10.0 Å².